The van der Waals surface area contributed by atoms with Crippen molar-refractivity contribution in [1.29, 1.82) is 0 Å². The fraction of sp³-hybridized carbons (Fsp3) is 0.0714. The first-order chi connectivity index (χ1) is 9.86. The Morgan fingerprint density at radius 1 is 1.05 bits per heavy atom. The monoisotopic (exact) mass is 289 g/mol. The Balaban J connectivity index is 2.13. The van der Waals surface area contributed by atoms with E-state index in [4.69, 9.17) is 5.73 Å². The van der Waals surface area contributed by atoms with Crippen molar-refractivity contribution in [1.82, 2.24) is 0 Å². The molecule has 7 heteroatoms. The molecule has 0 heterocycles. The van der Waals surface area contributed by atoms with Crippen molar-refractivity contribution in [2.45, 2.75) is 6.92 Å². The largest absolute Gasteiger partial charge is 0.504 e. The normalized spacial score (nSPS) is 10.1. The predicted molar refractivity (Wildman–Crippen MR) is 79.7 cm³/mol. The van der Waals surface area contributed by atoms with Crippen LogP contribution in [0.3, 0.4) is 0 Å². The number of phenolic OH excluding ortho intramolecular Hbond substituents is 3. The van der Waals surface area contributed by atoms with Crippen LogP contribution >= 0.6 is 0 Å². The van der Waals surface area contributed by atoms with Crippen LogP contribution in [0.1, 0.15) is 5.56 Å². The van der Waals surface area contributed by atoms with Crippen LogP contribution in [0.2, 0.25) is 0 Å². The maximum absolute atomic E-state index is 11.8. The number of aryl methyl sites for hydroxylation is 1. The molecule has 0 bridgehead atoms. The molecule has 0 aromatic heterocycles. The Morgan fingerprint density at radius 3 is 2.29 bits per heavy atom. The summed E-state index contributed by atoms with van der Waals surface area (Å²) in [5.74, 6) is -1.73. The number of carbonyl (C=O) groups excluding carboxylic acids is 1. The van der Waals surface area contributed by atoms with Gasteiger partial charge < -0.3 is 31.7 Å². The quantitative estimate of drug-likeness (QED) is 0.287. The number of carbonyl (C=O) groups is 1. The standard InChI is InChI=1S/C14H15N3O4/c1-7-2-3-9(15)10(4-7)17-14(21)16-8-5-11(18)13(20)12(19)6-8/h2-6,18-20H,15H2,1H3,(H2,16,17,21). The lowest BCUT2D eigenvalue weighted by atomic mass is 10.2. The Morgan fingerprint density at radius 2 is 1.67 bits per heavy atom. The number of phenols is 3. The molecular weight excluding hydrogens is 274 g/mol. The van der Waals surface area contributed by atoms with Gasteiger partial charge in [0.2, 0.25) is 0 Å². The van der Waals surface area contributed by atoms with Crippen molar-refractivity contribution in [3.8, 4) is 17.2 Å². The maximum Gasteiger partial charge on any atom is 0.323 e. The molecule has 0 atom stereocenters. The van der Waals surface area contributed by atoms with Gasteiger partial charge in [0.05, 0.1) is 17.1 Å². The number of anilines is 3. The summed E-state index contributed by atoms with van der Waals surface area (Å²) < 4.78 is 0. The zero-order valence-electron chi connectivity index (χ0n) is 11.2. The average Bonchev–Trinajstić information content (AvgIpc) is 2.40. The van der Waals surface area contributed by atoms with Gasteiger partial charge in [0.1, 0.15) is 0 Å². The fourth-order valence-electron chi connectivity index (χ4n) is 1.74. The van der Waals surface area contributed by atoms with Gasteiger partial charge >= 0.3 is 6.03 Å². The molecule has 0 radical (unpaired) electrons. The molecule has 0 unspecified atom stereocenters. The lowest BCUT2D eigenvalue weighted by molar-refractivity contribution is 0.262. The lowest BCUT2D eigenvalue weighted by Gasteiger charge is -2.11. The van der Waals surface area contributed by atoms with E-state index in [0.717, 1.165) is 17.7 Å². The van der Waals surface area contributed by atoms with E-state index in [-0.39, 0.29) is 5.69 Å². The molecule has 0 aliphatic rings. The first-order valence-corrected chi connectivity index (χ1v) is 6.06. The van der Waals surface area contributed by atoms with Crippen LogP contribution in [0.5, 0.6) is 17.2 Å². The number of nitrogens with two attached hydrogens (primary N) is 1. The second kappa shape index (κ2) is 5.49. The van der Waals surface area contributed by atoms with Crippen molar-refractivity contribution in [3.63, 3.8) is 0 Å². The number of nitrogen functional groups attached to an aromatic ring is 1. The molecule has 0 spiro atoms. The summed E-state index contributed by atoms with van der Waals surface area (Å²) in [6.45, 7) is 1.86. The second-order valence-electron chi connectivity index (χ2n) is 4.53. The molecule has 7 N–H and O–H groups in total. The van der Waals surface area contributed by atoms with Gasteiger partial charge in [-0.15, -0.1) is 0 Å². The van der Waals surface area contributed by atoms with Crippen molar-refractivity contribution < 1.29 is 20.1 Å². The van der Waals surface area contributed by atoms with E-state index in [1.165, 1.54) is 0 Å². The number of amides is 2. The van der Waals surface area contributed by atoms with Crippen molar-refractivity contribution in [3.05, 3.63) is 35.9 Å². The number of nitrogens with one attached hydrogen (secondary N) is 2. The topological polar surface area (TPSA) is 128 Å². The minimum atomic E-state index is -0.649. The van der Waals surface area contributed by atoms with Crippen LogP contribution in [0.15, 0.2) is 30.3 Å². The molecule has 110 valence electrons. The van der Waals surface area contributed by atoms with E-state index >= 15 is 0 Å². The highest BCUT2D eigenvalue weighted by Gasteiger charge is 2.11. The molecule has 2 aromatic carbocycles. The number of hydrogen-bond donors (Lipinski definition) is 6. The molecule has 2 aromatic rings. The summed E-state index contributed by atoms with van der Waals surface area (Å²) in [6, 6.07) is 6.80. The first kappa shape index (κ1) is 14.3. The maximum atomic E-state index is 11.8. The first-order valence-electron chi connectivity index (χ1n) is 6.06. The van der Waals surface area contributed by atoms with Crippen LogP contribution in [0.25, 0.3) is 0 Å². The van der Waals surface area contributed by atoms with E-state index in [0.29, 0.717) is 11.4 Å². The average molecular weight is 289 g/mol. The molecule has 0 aliphatic carbocycles. The number of aromatic hydroxyl groups is 3. The lowest BCUT2D eigenvalue weighted by Crippen LogP contribution is -2.20. The van der Waals surface area contributed by atoms with E-state index in [9.17, 15) is 20.1 Å². The molecule has 0 saturated carbocycles. The van der Waals surface area contributed by atoms with E-state index in [1.807, 2.05) is 13.0 Å². The Labute approximate surface area is 120 Å². The van der Waals surface area contributed by atoms with Crippen molar-refractivity contribution >= 4 is 23.1 Å². The Hall–Kier alpha value is -3.09. The third-order valence-corrected chi connectivity index (χ3v) is 2.78. The molecule has 21 heavy (non-hydrogen) atoms. The van der Waals surface area contributed by atoms with E-state index in [2.05, 4.69) is 10.6 Å². The molecular formula is C14H15N3O4. The van der Waals surface area contributed by atoms with Crippen LogP contribution in [-0.4, -0.2) is 21.4 Å². The molecule has 0 saturated heterocycles. The van der Waals surface area contributed by atoms with E-state index < -0.39 is 23.3 Å². The van der Waals surface area contributed by atoms with Gasteiger partial charge in [0, 0.05) is 12.1 Å². The number of rotatable bonds is 2. The molecule has 0 aliphatic heterocycles. The summed E-state index contributed by atoms with van der Waals surface area (Å²) in [4.78, 5) is 11.8. The summed E-state index contributed by atoms with van der Waals surface area (Å²) in [5.41, 5.74) is 7.64. The highest BCUT2D eigenvalue weighted by molar-refractivity contribution is 6.01. The molecule has 0 fully saturated rings. The summed E-state index contributed by atoms with van der Waals surface area (Å²) in [5, 5.41) is 32.9. The van der Waals surface area contributed by atoms with Gasteiger partial charge in [-0.3, -0.25) is 0 Å². The van der Waals surface area contributed by atoms with Gasteiger partial charge in [-0.2, -0.15) is 0 Å². The highest BCUT2D eigenvalue weighted by atomic mass is 16.3. The minimum absolute atomic E-state index is 0.117. The van der Waals surface area contributed by atoms with Gasteiger partial charge in [-0.1, -0.05) is 6.07 Å². The van der Waals surface area contributed by atoms with Gasteiger partial charge in [0.15, 0.2) is 17.2 Å². The third-order valence-electron chi connectivity index (χ3n) is 2.78. The minimum Gasteiger partial charge on any atom is -0.504 e. The van der Waals surface area contributed by atoms with Crippen LogP contribution in [0, 0.1) is 6.92 Å². The van der Waals surface area contributed by atoms with Crippen LogP contribution in [-0.2, 0) is 0 Å². The second-order valence-corrected chi connectivity index (χ2v) is 4.53. The third kappa shape index (κ3) is 3.27. The van der Waals surface area contributed by atoms with Crippen LogP contribution < -0.4 is 16.4 Å². The summed E-state index contributed by atoms with van der Waals surface area (Å²) >= 11 is 0. The smallest absolute Gasteiger partial charge is 0.323 e. The van der Waals surface area contributed by atoms with Gasteiger partial charge in [-0.25, -0.2) is 4.79 Å². The fourth-order valence-corrected chi connectivity index (χ4v) is 1.74. The van der Waals surface area contributed by atoms with Gasteiger partial charge in [0.25, 0.3) is 0 Å². The SMILES string of the molecule is Cc1ccc(N)c(NC(=O)Nc2cc(O)c(O)c(O)c2)c1. The number of benzene rings is 2. The van der Waals surface area contributed by atoms with Crippen LogP contribution in [0.4, 0.5) is 21.9 Å². The predicted octanol–water partition coefficient (Wildman–Crippen LogP) is 2.34. The number of hydrogen-bond acceptors (Lipinski definition) is 5. The Bertz CT molecular complexity index is 678. The highest BCUT2D eigenvalue weighted by Crippen LogP contribution is 2.37. The zero-order chi connectivity index (χ0) is 15.6. The Kier molecular flexibility index (Phi) is 3.75. The van der Waals surface area contributed by atoms with Gasteiger partial charge in [-0.05, 0) is 24.6 Å². The van der Waals surface area contributed by atoms with E-state index in [1.54, 1.807) is 12.1 Å². The molecule has 2 amide bonds. The van der Waals surface area contributed by atoms with Crippen molar-refractivity contribution in [2.75, 3.05) is 16.4 Å². The van der Waals surface area contributed by atoms with Crippen molar-refractivity contribution in [2.24, 2.45) is 0 Å². The number of urea groups is 1. The summed E-state index contributed by atoms with van der Waals surface area (Å²) in [6.07, 6.45) is 0. The molecule has 7 nitrogen and oxygen atoms in total. The zero-order valence-corrected chi connectivity index (χ0v) is 11.2. The summed E-state index contributed by atoms with van der Waals surface area (Å²) in [7, 11) is 0. The molecule has 2 rings (SSSR count).